The number of morpholine rings is 1. The molecule has 1 N–H and O–H groups in total. The number of benzene rings is 1. The lowest BCUT2D eigenvalue weighted by molar-refractivity contribution is 0.0178. The number of carbonyl (C=O) groups excluding carboxylic acids is 1. The van der Waals surface area contributed by atoms with Crippen LogP contribution >= 0.6 is 0 Å². The zero-order chi connectivity index (χ0) is 17.9. The van der Waals surface area contributed by atoms with Gasteiger partial charge in [0.2, 0.25) is 0 Å². The molecule has 138 valence electrons. The zero-order valence-corrected chi connectivity index (χ0v) is 15.3. The monoisotopic (exact) mass is 347 g/mol. The molecule has 1 amide bonds. The van der Waals surface area contributed by atoms with E-state index in [2.05, 4.69) is 9.80 Å². The number of carbonyl (C=O) groups is 1. The van der Waals surface area contributed by atoms with E-state index < -0.39 is 5.60 Å². The molecule has 2 heterocycles. The number of rotatable bonds is 4. The maximum absolute atomic E-state index is 13.1. The van der Waals surface area contributed by atoms with Gasteiger partial charge >= 0.3 is 0 Å². The minimum atomic E-state index is -0.699. The second-order valence-corrected chi connectivity index (χ2v) is 7.50. The molecule has 1 aromatic carbocycles. The molecule has 2 aliphatic rings. The Hall–Kier alpha value is -1.63. The number of para-hydroxylation sites is 1. The van der Waals surface area contributed by atoms with E-state index in [9.17, 15) is 9.90 Å². The summed E-state index contributed by atoms with van der Waals surface area (Å²) in [5.74, 6) is 0.102. The number of β-amino-alcohol motifs (C(OH)–C–C–N with tert-alkyl or cyclic N) is 1. The van der Waals surface area contributed by atoms with Crippen molar-refractivity contribution < 1.29 is 14.6 Å². The molecule has 0 bridgehead atoms. The van der Waals surface area contributed by atoms with Crippen molar-refractivity contribution in [2.75, 3.05) is 63.9 Å². The first-order valence-corrected chi connectivity index (χ1v) is 9.10. The summed E-state index contributed by atoms with van der Waals surface area (Å²) in [6.45, 7) is 10.3. The Kier molecular flexibility index (Phi) is 5.61. The van der Waals surface area contributed by atoms with E-state index in [0.717, 1.165) is 37.4 Å². The third-order valence-corrected chi connectivity index (χ3v) is 4.76. The van der Waals surface area contributed by atoms with Gasteiger partial charge in [0, 0.05) is 51.5 Å². The molecule has 3 rings (SSSR count). The number of ether oxygens (including phenoxy) is 1. The number of nitrogens with zero attached hydrogens (tertiary/aromatic N) is 3. The third-order valence-electron chi connectivity index (χ3n) is 4.76. The van der Waals surface area contributed by atoms with Crippen molar-refractivity contribution >= 4 is 11.6 Å². The zero-order valence-electron chi connectivity index (χ0n) is 15.3. The molecule has 1 aromatic rings. The normalized spacial score (nSPS) is 20.0. The summed E-state index contributed by atoms with van der Waals surface area (Å²) in [5.41, 5.74) is 1.09. The lowest BCUT2D eigenvalue weighted by Crippen LogP contribution is -2.52. The van der Waals surface area contributed by atoms with E-state index in [-0.39, 0.29) is 5.91 Å². The van der Waals surface area contributed by atoms with Gasteiger partial charge in [-0.1, -0.05) is 12.1 Å². The van der Waals surface area contributed by atoms with Gasteiger partial charge in [-0.3, -0.25) is 9.69 Å². The molecular weight excluding hydrogens is 318 g/mol. The van der Waals surface area contributed by atoms with Crippen LogP contribution in [0.25, 0.3) is 0 Å². The first kappa shape index (κ1) is 18.2. The van der Waals surface area contributed by atoms with Crippen LogP contribution in [0.5, 0.6) is 0 Å². The number of amides is 1. The smallest absolute Gasteiger partial charge is 0.256 e. The van der Waals surface area contributed by atoms with Gasteiger partial charge in [-0.25, -0.2) is 0 Å². The highest BCUT2D eigenvalue weighted by Gasteiger charge is 2.27. The van der Waals surface area contributed by atoms with Crippen molar-refractivity contribution in [3.63, 3.8) is 0 Å². The van der Waals surface area contributed by atoms with Crippen LogP contribution in [0.2, 0.25) is 0 Å². The lowest BCUT2D eigenvalue weighted by Gasteiger charge is -2.38. The van der Waals surface area contributed by atoms with Crippen LogP contribution in [0.3, 0.4) is 0 Å². The maximum atomic E-state index is 13.1. The van der Waals surface area contributed by atoms with Gasteiger partial charge in [0.05, 0.1) is 24.4 Å². The average molecular weight is 347 g/mol. The third kappa shape index (κ3) is 4.71. The van der Waals surface area contributed by atoms with Crippen LogP contribution in [0.4, 0.5) is 5.69 Å². The number of piperazine rings is 1. The molecule has 0 aromatic heterocycles. The van der Waals surface area contributed by atoms with E-state index in [1.807, 2.05) is 43.0 Å². The summed E-state index contributed by atoms with van der Waals surface area (Å²) < 4.78 is 5.43. The Morgan fingerprint density at radius 3 is 2.36 bits per heavy atom. The van der Waals surface area contributed by atoms with Crippen molar-refractivity contribution in [1.29, 1.82) is 0 Å². The highest BCUT2D eigenvalue weighted by molar-refractivity contribution is 6.00. The summed E-state index contributed by atoms with van der Waals surface area (Å²) in [4.78, 5) is 19.4. The molecule has 0 unspecified atom stereocenters. The van der Waals surface area contributed by atoms with E-state index in [4.69, 9.17) is 4.74 Å². The Bertz CT molecular complexity index is 586. The van der Waals surface area contributed by atoms with Crippen LogP contribution in [-0.4, -0.2) is 85.4 Å². The van der Waals surface area contributed by atoms with Crippen LogP contribution in [0, 0.1) is 0 Å². The molecule has 2 aliphatic heterocycles. The largest absolute Gasteiger partial charge is 0.389 e. The minimum Gasteiger partial charge on any atom is -0.389 e. The van der Waals surface area contributed by atoms with Gasteiger partial charge in [0.1, 0.15) is 0 Å². The van der Waals surface area contributed by atoms with Crippen molar-refractivity contribution in [2.24, 2.45) is 0 Å². The van der Waals surface area contributed by atoms with Crippen molar-refractivity contribution in [2.45, 2.75) is 19.4 Å². The van der Waals surface area contributed by atoms with Crippen molar-refractivity contribution in [1.82, 2.24) is 9.80 Å². The van der Waals surface area contributed by atoms with Gasteiger partial charge in [-0.05, 0) is 26.0 Å². The SMILES string of the molecule is CC(C)(O)CN1CCN(C(=O)c2ccccc2N2CCOCC2)CC1. The van der Waals surface area contributed by atoms with Gasteiger partial charge in [-0.15, -0.1) is 0 Å². The first-order valence-electron chi connectivity index (χ1n) is 9.10. The molecule has 0 radical (unpaired) electrons. The number of anilines is 1. The quantitative estimate of drug-likeness (QED) is 0.882. The molecule has 2 saturated heterocycles. The fraction of sp³-hybridized carbons (Fsp3) is 0.632. The molecule has 2 fully saturated rings. The summed E-state index contributed by atoms with van der Waals surface area (Å²) in [6.07, 6.45) is 0. The lowest BCUT2D eigenvalue weighted by atomic mass is 10.1. The molecular formula is C19H29N3O3. The molecule has 6 nitrogen and oxygen atoms in total. The molecule has 0 aliphatic carbocycles. The van der Waals surface area contributed by atoms with Crippen molar-refractivity contribution in [3.05, 3.63) is 29.8 Å². The molecule has 0 saturated carbocycles. The van der Waals surface area contributed by atoms with E-state index >= 15 is 0 Å². The Labute approximate surface area is 150 Å². The molecule has 0 spiro atoms. The number of hydrogen-bond acceptors (Lipinski definition) is 5. The van der Waals surface area contributed by atoms with Crippen LogP contribution in [-0.2, 0) is 4.74 Å². The van der Waals surface area contributed by atoms with Gasteiger partial charge in [0.15, 0.2) is 0 Å². The van der Waals surface area contributed by atoms with Crippen molar-refractivity contribution in [3.8, 4) is 0 Å². The van der Waals surface area contributed by atoms with Gasteiger partial charge in [-0.2, -0.15) is 0 Å². The maximum Gasteiger partial charge on any atom is 0.256 e. The molecule has 0 atom stereocenters. The molecule has 25 heavy (non-hydrogen) atoms. The van der Waals surface area contributed by atoms with Crippen LogP contribution in [0.15, 0.2) is 24.3 Å². The second kappa shape index (κ2) is 7.72. The van der Waals surface area contributed by atoms with E-state index in [1.165, 1.54) is 0 Å². The number of aliphatic hydroxyl groups is 1. The Morgan fingerprint density at radius 1 is 1.08 bits per heavy atom. The van der Waals surface area contributed by atoms with E-state index in [1.54, 1.807) is 0 Å². The van der Waals surface area contributed by atoms with Crippen LogP contribution < -0.4 is 4.90 Å². The fourth-order valence-electron chi connectivity index (χ4n) is 3.56. The Morgan fingerprint density at radius 2 is 1.72 bits per heavy atom. The van der Waals surface area contributed by atoms with E-state index in [0.29, 0.717) is 32.8 Å². The average Bonchev–Trinajstić information content (AvgIpc) is 2.61. The fourth-order valence-corrected chi connectivity index (χ4v) is 3.56. The van der Waals surface area contributed by atoms with Crippen LogP contribution in [0.1, 0.15) is 24.2 Å². The summed E-state index contributed by atoms with van der Waals surface area (Å²) in [6, 6.07) is 7.88. The second-order valence-electron chi connectivity index (χ2n) is 7.50. The van der Waals surface area contributed by atoms with Gasteiger partial charge < -0.3 is 19.6 Å². The highest BCUT2D eigenvalue weighted by Crippen LogP contribution is 2.23. The standard InChI is InChI=1S/C19H29N3O3/c1-19(2,24)15-20-7-9-22(10-8-20)18(23)16-5-3-4-6-17(16)21-11-13-25-14-12-21/h3-6,24H,7-15H2,1-2H3. The summed E-state index contributed by atoms with van der Waals surface area (Å²) in [7, 11) is 0. The predicted molar refractivity (Wildman–Crippen MR) is 98.1 cm³/mol. The topological polar surface area (TPSA) is 56.2 Å². The molecule has 6 heteroatoms. The minimum absolute atomic E-state index is 0.102. The summed E-state index contributed by atoms with van der Waals surface area (Å²) in [5, 5.41) is 9.97. The highest BCUT2D eigenvalue weighted by atomic mass is 16.5. The Balaban J connectivity index is 1.66. The van der Waals surface area contributed by atoms with Gasteiger partial charge in [0.25, 0.3) is 5.91 Å². The summed E-state index contributed by atoms with van der Waals surface area (Å²) >= 11 is 0. The first-order chi connectivity index (χ1) is 11.9. The number of hydrogen-bond donors (Lipinski definition) is 1. The predicted octanol–water partition coefficient (Wildman–Crippen LogP) is 1.05.